The Morgan fingerprint density at radius 1 is 0.652 bits per heavy atom. The summed E-state index contributed by atoms with van der Waals surface area (Å²) in [5.74, 6) is 0. The largest absolute Gasteiger partial charge is 0.378 e. The van der Waals surface area contributed by atoms with Gasteiger partial charge in [0, 0.05) is 39.6 Å². The molecule has 116 valence electrons. The molecule has 0 bridgehead atoms. The van der Waals surface area contributed by atoms with E-state index in [4.69, 9.17) is 12.8 Å². The van der Waals surface area contributed by atoms with Crippen molar-refractivity contribution in [2.75, 3.05) is 38.0 Å². The Bertz CT molecular complexity index is 677. The molecule has 0 aliphatic carbocycles. The van der Waals surface area contributed by atoms with Gasteiger partial charge in [0.05, 0.1) is 0 Å². The van der Waals surface area contributed by atoms with Gasteiger partial charge in [0.2, 0.25) is 0 Å². The van der Waals surface area contributed by atoms with Crippen LogP contribution < -0.4 is 20.2 Å². The lowest BCUT2D eigenvalue weighted by molar-refractivity contribution is 1.13. The van der Waals surface area contributed by atoms with Crippen LogP contribution in [0, 0.1) is 23.9 Å². The average molecular weight is 318 g/mol. The highest BCUT2D eigenvalue weighted by molar-refractivity contribution is 7.13. The highest BCUT2D eigenvalue weighted by Crippen LogP contribution is 2.13. The maximum atomic E-state index is 5.93. The van der Waals surface area contributed by atoms with Gasteiger partial charge in [-0.15, -0.1) is 23.9 Å². The van der Waals surface area contributed by atoms with E-state index >= 15 is 0 Å². The summed E-state index contributed by atoms with van der Waals surface area (Å²) < 4.78 is 0. The first kappa shape index (κ1) is 16.7. The molecule has 2 nitrogen and oxygen atoms in total. The van der Waals surface area contributed by atoms with Gasteiger partial charge in [0.1, 0.15) is 0 Å². The Labute approximate surface area is 140 Å². The number of terminal acetylenes is 2. The van der Waals surface area contributed by atoms with E-state index in [0.29, 0.717) is 0 Å². The Kier molecular flexibility index (Phi) is 4.84. The van der Waals surface area contributed by atoms with Gasteiger partial charge in [-0.05, 0) is 34.6 Å². The number of anilines is 2. The second kappa shape index (κ2) is 6.65. The summed E-state index contributed by atoms with van der Waals surface area (Å²) in [7, 11) is 5.47. The second-order valence-electron chi connectivity index (χ2n) is 5.92. The van der Waals surface area contributed by atoms with Crippen LogP contribution in [0.5, 0.6) is 0 Å². The van der Waals surface area contributed by atoms with E-state index in [9.17, 15) is 0 Å². The fourth-order valence-corrected chi connectivity index (χ4v) is 4.98. The number of hydrogen-bond acceptors (Lipinski definition) is 2. The lowest BCUT2D eigenvalue weighted by Crippen LogP contribution is -2.56. The van der Waals surface area contributed by atoms with Crippen LogP contribution in [0.3, 0.4) is 0 Å². The van der Waals surface area contributed by atoms with E-state index in [2.05, 4.69) is 69.4 Å². The smallest absolute Gasteiger partial charge is 0.275 e. The van der Waals surface area contributed by atoms with Crippen molar-refractivity contribution < 1.29 is 0 Å². The molecule has 0 aromatic heterocycles. The van der Waals surface area contributed by atoms with Crippen molar-refractivity contribution in [3.8, 4) is 23.9 Å². The highest BCUT2D eigenvalue weighted by atomic mass is 28.3. The van der Waals surface area contributed by atoms with Crippen LogP contribution in [0.1, 0.15) is 0 Å². The van der Waals surface area contributed by atoms with Crippen LogP contribution in [0.25, 0.3) is 0 Å². The standard InChI is InChI=1S/C20H22N2Si/c1-7-23(8-2,19-13-9-17(10-14-19)21(3)4)20-15-11-18(12-16-20)22(5)6/h1-2,9-16H,3-6H3. The topological polar surface area (TPSA) is 6.48 Å². The molecule has 2 aromatic carbocycles. The summed E-state index contributed by atoms with van der Waals surface area (Å²) in [6, 6.07) is 16.6. The van der Waals surface area contributed by atoms with Crippen LogP contribution in [-0.4, -0.2) is 36.3 Å². The molecule has 0 heterocycles. The number of rotatable bonds is 4. The third kappa shape index (κ3) is 3.11. The first-order chi connectivity index (χ1) is 10.9. The van der Waals surface area contributed by atoms with Crippen LogP contribution in [0.4, 0.5) is 11.4 Å². The quantitative estimate of drug-likeness (QED) is 0.626. The monoisotopic (exact) mass is 318 g/mol. The molecule has 23 heavy (non-hydrogen) atoms. The molecule has 0 atom stereocenters. The summed E-state index contributed by atoms with van der Waals surface area (Å²) in [6.07, 6.45) is 11.9. The number of hydrogen-bond donors (Lipinski definition) is 0. The van der Waals surface area contributed by atoms with Crippen LogP contribution >= 0.6 is 0 Å². The first-order valence-electron chi connectivity index (χ1n) is 7.46. The van der Waals surface area contributed by atoms with Crippen molar-refractivity contribution >= 4 is 29.8 Å². The molecular weight excluding hydrogens is 296 g/mol. The molecule has 2 rings (SSSR count). The summed E-state index contributed by atoms with van der Waals surface area (Å²) in [5, 5.41) is 2.15. The summed E-state index contributed by atoms with van der Waals surface area (Å²) in [6.45, 7) is 0. The minimum atomic E-state index is -2.59. The predicted molar refractivity (Wildman–Crippen MR) is 104 cm³/mol. The maximum absolute atomic E-state index is 5.93. The molecule has 0 saturated carbocycles. The van der Waals surface area contributed by atoms with Gasteiger partial charge in [-0.3, -0.25) is 0 Å². The fourth-order valence-electron chi connectivity index (χ4n) is 2.56. The van der Waals surface area contributed by atoms with Crippen molar-refractivity contribution in [2.45, 2.75) is 0 Å². The van der Waals surface area contributed by atoms with Crippen molar-refractivity contribution in [3.05, 3.63) is 48.5 Å². The molecule has 0 unspecified atom stereocenters. The zero-order chi connectivity index (χ0) is 17.0. The maximum Gasteiger partial charge on any atom is 0.275 e. The molecule has 0 aliphatic rings. The summed E-state index contributed by atoms with van der Waals surface area (Å²) in [5.41, 5.74) is 8.21. The fraction of sp³-hybridized carbons (Fsp3) is 0.200. The van der Waals surface area contributed by atoms with Crippen LogP contribution in [-0.2, 0) is 0 Å². The number of nitrogens with zero attached hydrogens (tertiary/aromatic N) is 2. The van der Waals surface area contributed by atoms with Gasteiger partial charge in [0.15, 0.2) is 0 Å². The third-order valence-electron chi connectivity index (χ3n) is 4.07. The molecule has 0 amide bonds. The van der Waals surface area contributed by atoms with E-state index in [1.807, 2.05) is 28.2 Å². The predicted octanol–water partition coefficient (Wildman–Crippen LogP) is 1.73. The van der Waals surface area contributed by atoms with E-state index in [1.54, 1.807) is 0 Å². The minimum Gasteiger partial charge on any atom is -0.378 e. The summed E-state index contributed by atoms with van der Waals surface area (Å²) in [4.78, 5) is 4.12. The average Bonchev–Trinajstić information content (AvgIpc) is 2.57. The molecule has 3 heteroatoms. The van der Waals surface area contributed by atoms with Gasteiger partial charge in [0.25, 0.3) is 8.07 Å². The van der Waals surface area contributed by atoms with E-state index in [1.165, 1.54) is 0 Å². The van der Waals surface area contributed by atoms with E-state index < -0.39 is 8.07 Å². The SMILES string of the molecule is C#C[Si](C#C)(c1ccc(N(C)C)cc1)c1ccc(N(C)C)cc1. The van der Waals surface area contributed by atoms with Crippen LogP contribution in [0.2, 0.25) is 0 Å². The third-order valence-corrected chi connectivity index (χ3v) is 7.33. The molecule has 2 aromatic rings. The van der Waals surface area contributed by atoms with Crippen LogP contribution in [0.15, 0.2) is 48.5 Å². The second-order valence-corrected chi connectivity index (χ2v) is 9.15. The lowest BCUT2D eigenvalue weighted by atomic mass is 10.3. The normalized spacial score (nSPS) is 10.5. The molecule has 0 aliphatic heterocycles. The zero-order valence-electron chi connectivity index (χ0n) is 14.2. The highest BCUT2D eigenvalue weighted by Gasteiger charge is 2.34. The van der Waals surface area contributed by atoms with Crippen molar-refractivity contribution in [3.63, 3.8) is 0 Å². The van der Waals surface area contributed by atoms with Gasteiger partial charge >= 0.3 is 0 Å². The Morgan fingerprint density at radius 2 is 0.957 bits per heavy atom. The van der Waals surface area contributed by atoms with Crippen molar-refractivity contribution in [2.24, 2.45) is 0 Å². The van der Waals surface area contributed by atoms with Gasteiger partial charge in [-0.1, -0.05) is 24.3 Å². The Hall–Kier alpha value is -2.62. The molecule has 0 saturated heterocycles. The molecule has 0 spiro atoms. The zero-order valence-corrected chi connectivity index (χ0v) is 15.2. The molecular formula is C20H22N2Si. The molecule has 0 N–H and O–H groups in total. The van der Waals surface area contributed by atoms with Gasteiger partial charge in [-0.25, -0.2) is 0 Å². The van der Waals surface area contributed by atoms with Gasteiger partial charge in [-0.2, -0.15) is 0 Å². The first-order valence-corrected chi connectivity index (χ1v) is 9.46. The lowest BCUT2D eigenvalue weighted by Gasteiger charge is -2.23. The number of benzene rings is 2. The van der Waals surface area contributed by atoms with Crippen molar-refractivity contribution in [1.82, 2.24) is 0 Å². The Morgan fingerprint density at radius 3 is 1.17 bits per heavy atom. The van der Waals surface area contributed by atoms with Gasteiger partial charge < -0.3 is 9.80 Å². The van der Waals surface area contributed by atoms with E-state index in [-0.39, 0.29) is 0 Å². The van der Waals surface area contributed by atoms with Crippen molar-refractivity contribution in [1.29, 1.82) is 0 Å². The molecule has 0 radical (unpaired) electrons. The van der Waals surface area contributed by atoms with E-state index in [0.717, 1.165) is 21.7 Å². The Balaban J connectivity index is 2.51. The molecule has 0 fully saturated rings. The summed E-state index contributed by atoms with van der Waals surface area (Å²) >= 11 is 0. The minimum absolute atomic E-state index is 1.07.